The summed E-state index contributed by atoms with van der Waals surface area (Å²) in [5, 5.41) is 0. The van der Waals surface area contributed by atoms with Gasteiger partial charge in [-0.3, -0.25) is 4.99 Å². The van der Waals surface area contributed by atoms with E-state index in [1.54, 1.807) is 12.6 Å². The molecule has 0 saturated heterocycles. The van der Waals surface area contributed by atoms with Gasteiger partial charge in [0, 0.05) is 12.8 Å². The van der Waals surface area contributed by atoms with E-state index in [4.69, 9.17) is 0 Å². The molecule has 0 aliphatic heterocycles. The lowest BCUT2D eigenvalue weighted by molar-refractivity contribution is 0.448. The molecule has 70 valence electrons. The molecule has 0 radical (unpaired) electrons. The average molecular weight is 168 g/mol. The number of aliphatic imine (C=N–C) groups is 2. The highest BCUT2D eigenvalue weighted by molar-refractivity contribution is 5.70. The Bertz CT molecular complexity index is 148. The van der Waals surface area contributed by atoms with Gasteiger partial charge in [0.25, 0.3) is 0 Å². The van der Waals surface area contributed by atoms with Crippen LogP contribution < -0.4 is 0 Å². The summed E-state index contributed by atoms with van der Waals surface area (Å²) in [5.41, 5.74) is 0. The highest BCUT2D eigenvalue weighted by Crippen LogP contribution is 2.10. The largest absolute Gasteiger partial charge is 0.273 e. The molecule has 0 aromatic heterocycles. The molecule has 0 spiro atoms. The van der Waals surface area contributed by atoms with Gasteiger partial charge in [0.2, 0.25) is 0 Å². The molecule has 0 aliphatic carbocycles. The summed E-state index contributed by atoms with van der Waals surface area (Å²) in [6, 6.07) is 0. The van der Waals surface area contributed by atoms with E-state index in [9.17, 15) is 0 Å². The van der Waals surface area contributed by atoms with E-state index in [1.807, 2.05) is 6.92 Å². The van der Waals surface area contributed by atoms with Crippen molar-refractivity contribution in [1.29, 1.82) is 0 Å². The van der Waals surface area contributed by atoms with Gasteiger partial charge in [0.1, 0.15) is 6.34 Å². The van der Waals surface area contributed by atoms with Crippen LogP contribution in [-0.4, -0.2) is 19.1 Å². The summed E-state index contributed by atoms with van der Waals surface area (Å²) in [6.45, 7) is 9.50. The van der Waals surface area contributed by atoms with Crippen LogP contribution in [0.2, 0.25) is 0 Å². The summed E-state index contributed by atoms with van der Waals surface area (Å²) in [4.78, 5) is 8.10. The van der Waals surface area contributed by atoms with Crippen molar-refractivity contribution in [2.75, 3.05) is 6.54 Å². The molecule has 0 rings (SSSR count). The van der Waals surface area contributed by atoms with Crippen LogP contribution in [0.25, 0.3) is 0 Å². The maximum Gasteiger partial charge on any atom is 0.109 e. The first-order valence-electron chi connectivity index (χ1n) is 4.62. The minimum absolute atomic E-state index is 0.674. The minimum atomic E-state index is 0.674. The van der Waals surface area contributed by atoms with Crippen molar-refractivity contribution in [3.05, 3.63) is 0 Å². The molecular formula is C10H20N2. The van der Waals surface area contributed by atoms with Crippen LogP contribution in [0.3, 0.4) is 0 Å². The molecule has 0 bridgehead atoms. The smallest absolute Gasteiger partial charge is 0.109 e. The fourth-order valence-electron chi connectivity index (χ4n) is 1.22. The quantitative estimate of drug-likeness (QED) is 0.445. The van der Waals surface area contributed by atoms with Gasteiger partial charge < -0.3 is 0 Å². The summed E-state index contributed by atoms with van der Waals surface area (Å²) in [6.07, 6.45) is 4.63. The third kappa shape index (κ3) is 7.45. The van der Waals surface area contributed by atoms with E-state index in [0.717, 1.165) is 12.5 Å². The second-order valence-corrected chi connectivity index (χ2v) is 3.62. The average Bonchev–Trinajstić information content (AvgIpc) is 1.97. The lowest BCUT2D eigenvalue weighted by atomic mass is 9.99. The highest BCUT2D eigenvalue weighted by Gasteiger charge is 2.02. The molecule has 12 heavy (non-hydrogen) atoms. The zero-order chi connectivity index (χ0) is 9.40. The normalized spacial score (nSPS) is 15.1. The van der Waals surface area contributed by atoms with Crippen LogP contribution in [-0.2, 0) is 0 Å². The van der Waals surface area contributed by atoms with Gasteiger partial charge in [0.15, 0.2) is 0 Å². The van der Waals surface area contributed by atoms with E-state index in [1.165, 1.54) is 6.42 Å². The molecule has 0 aliphatic rings. The Labute approximate surface area is 75.8 Å². The zero-order valence-electron chi connectivity index (χ0n) is 8.62. The number of hydrogen-bond acceptors (Lipinski definition) is 1. The Kier molecular flexibility index (Phi) is 6.63. The van der Waals surface area contributed by atoms with E-state index < -0.39 is 0 Å². The maximum absolute atomic E-state index is 4.19. The summed E-state index contributed by atoms with van der Waals surface area (Å²) < 4.78 is 0. The molecule has 0 aromatic rings. The summed E-state index contributed by atoms with van der Waals surface area (Å²) in [7, 11) is 0. The van der Waals surface area contributed by atoms with Gasteiger partial charge in [-0.2, -0.15) is 0 Å². The van der Waals surface area contributed by atoms with E-state index in [0.29, 0.717) is 5.92 Å². The van der Waals surface area contributed by atoms with Gasteiger partial charge in [-0.25, -0.2) is 4.99 Å². The molecule has 0 heterocycles. The molecule has 0 fully saturated rings. The fraction of sp³-hybridized carbons (Fsp3) is 0.800. The standard InChI is InChI=1S/C10H20N2/c1-5-11-8-12-7-10(4)6-9(2)3/h5,8-10H,6-7H2,1-4H3/b11-5-,12-8-. The van der Waals surface area contributed by atoms with Crippen molar-refractivity contribution in [2.45, 2.75) is 34.1 Å². The van der Waals surface area contributed by atoms with E-state index in [2.05, 4.69) is 30.8 Å². The Hall–Kier alpha value is -0.660. The van der Waals surface area contributed by atoms with Crippen molar-refractivity contribution >= 4 is 12.6 Å². The molecule has 0 aromatic carbocycles. The van der Waals surface area contributed by atoms with E-state index >= 15 is 0 Å². The first-order chi connectivity index (χ1) is 5.66. The molecular weight excluding hydrogens is 148 g/mol. The van der Waals surface area contributed by atoms with E-state index in [-0.39, 0.29) is 0 Å². The molecule has 2 heteroatoms. The van der Waals surface area contributed by atoms with Gasteiger partial charge in [-0.05, 0) is 25.2 Å². The van der Waals surface area contributed by atoms with Gasteiger partial charge in [-0.15, -0.1) is 0 Å². The van der Waals surface area contributed by atoms with Gasteiger partial charge in [0.05, 0.1) is 0 Å². The van der Waals surface area contributed by atoms with Crippen LogP contribution in [0.5, 0.6) is 0 Å². The minimum Gasteiger partial charge on any atom is -0.273 e. The first kappa shape index (κ1) is 11.3. The highest BCUT2D eigenvalue weighted by atomic mass is 14.8. The predicted octanol–water partition coefficient (Wildman–Crippen LogP) is 2.79. The lowest BCUT2D eigenvalue weighted by Crippen LogP contribution is -2.03. The monoisotopic (exact) mass is 168 g/mol. The summed E-state index contributed by atoms with van der Waals surface area (Å²) in [5.74, 6) is 1.44. The second-order valence-electron chi connectivity index (χ2n) is 3.62. The number of hydrogen-bond donors (Lipinski definition) is 0. The van der Waals surface area contributed by atoms with Crippen molar-refractivity contribution in [2.24, 2.45) is 21.8 Å². The van der Waals surface area contributed by atoms with Crippen LogP contribution in [0.4, 0.5) is 0 Å². The van der Waals surface area contributed by atoms with Crippen molar-refractivity contribution in [1.82, 2.24) is 0 Å². The summed E-state index contributed by atoms with van der Waals surface area (Å²) >= 11 is 0. The lowest BCUT2D eigenvalue weighted by Gasteiger charge is -2.09. The van der Waals surface area contributed by atoms with Gasteiger partial charge in [-0.1, -0.05) is 20.8 Å². The van der Waals surface area contributed by atoms with Crippen molar-refractivity contribution in [3.8, 4) is 0 Å². The fourth-order valence-corrected chi connectivity index (χ4v) is 1.22. The Balaban J connectivity index is 3.49. The zero-order valence-corrected chi connectivity index (χ0v) is 8.62. The van der Waals surface area contributed by atoms with Crippen molar-refractivity contribution in [3.63, 3.8) is 0 Å². The van der Waals surface area contributed by atoms with Crippen LogP contribution >= 0.6 is 0 Å². The van der Waals surface area contributed by atoms with Crippen LogP contribution in [0, 0.1) is 11.8 Å². The first-order valence-corrected chi connectivity index (χ1v) is 4.62. The topological polar surface area (TPSA) is 24.7 Å². The molecule has 1 atom stereocenters. The van der Waals surface area contributed by atoms with Crippen LogP contribution in [0.15, 0.2) is 9.98 Å². The molecule has 0 N–H and O–H groups in total. The Morgan fingerprint density at radius 2 is 1.92 bits per heavy atom. The molecule has 2 nitrogen and oxygen atoms in total. The van der Waals surface area contributed by atoms with Crippen LogP contribution in [0.1, 0.15) is 34.1 Å². The molecule has 0 amide bonds. The molecule has 0 saturated carbocycles. The maximum atomic E-state index is 4.19. The van der Waals surface area contributed by atoms with Crippen molar-refractivity contribution < 1.29 is 0 Å². The Morgan fingerprint density at radius 1 is 1.25 bits per heavy atom. The third-order valence-corrected chi connectivity index (χ3v) is 1.59. The second kappa shape index (κ2) is 7.01. The third-order valence-electron chi connectivity index (χ3n) is 1.59. The SMILES string of the molecule is C/C=N\C=N/CC(C)CC(C)C. The predicted molar refractivity (Wildman–Crippen MR) is 56.1 cm³/mol. The molecule has 1 unspecified atom stereocenters. The number of nitrogens with zero attached hydrogens (tertiary/aromatic N) is 2. The van der Waals surface area contributed by atoms with Gasteiger partial charge >= 0.3 is 0 Å². The number of rotatable bonds is 5. The Morgan fingerprint density at radius 3 is 2.42 bits per heavy atom.